The van der Waals surface area contributed by atoms with Crippen LogP contribution in [0.25, 0.3) is 5.65 Å². The molecule has 3 aliphatic rings. The van der Waals surface area contributed by atoms with Crippen molar-refractivity contribution in [2.24, 2.45) is 5.41 Å². The lowest BCUT2D eigenvalue weighted by molar-refractivity contribution is 0.0635. The fourth-order valence-corrected chi connectivity index (χ4v) is 6.40. The largest absolute Gasteiger partial charge is 0.331 e. The number of hydrogen-bond acceptors (Lipinski definition) is 8. The van der Waals surface area contributed by atoms with Crippen molar-refractivity contribution in [3.05, 3.63) is 29.7 Å². The molecule has 1 saturated heterocycles. The smallest absolute Gasteiger partial charge is 0.319 e. The van der Waals surface area contributed by atoms with Crippen LogP contribution in [-0.2, 0) is 5.67 Å². The standard InChI is InChI=1S/C25H30F2N8OS2/c1-33(2)22(36)34-9-7-25(27,8-10-34)17-11-16(38-32-24(14-26)5-6-24)13-35-18(12-31-20(17)35)19(29)37-21(30)23(15-28)3-4-23/h11-13,29-30,32H,3-10,14H2,1-2H3. The minimum atomic E-state index is -1.75. The minimum absolute atomic E-state index is 0.0480. The Labute approximate surface area is 228 Å². The normalized spacial score (nSPS) is 20.6. The highest BCUT2D eigenvalue weighted by Gasteiger charge is 2.48. The van der Waals surface area contributed by atoms with Crippen molar-refractivity contribution in [1.29, 1.82) is 16.1 Å². The second-order valence-corrected chi connectivity index (χ2v) is 12.5. The Morgan fingerprint density at radius 3 is 2.47 bits per heavy atom. The number of urea groups is 1. The minimum Gasteiger partial charge on any atom is -0.331 e. The van der Waals surface area contributed by atoms with Crippen molar-refractivity contribution in [2.45, 2.75) is 54.6 Å². The number of carbonyl (C=O) groups excluding carboxylic acids is 1. The first-order valence-electron chi connectivity index (χ1n) is 12.5. The maximum absolute atomic E-state index is 16.6. The summed E-state index contributed by atoms with van der Waals surface area (Å²) in [4.78, 5) is 20.6. The van der Waals surface area contributed by atoms with Crippen LogP contribution in [0.5, 0.6) is 0 Å². The molecule has 2 aromatic rings. The van der Waals surface area contributed by atoms with Gasteiger partial charge in [-0.05, 0) is 43.7 Å². The molecule has 9 nitrogen and oxygen atoms in total. The van der Waals surface area contributed by atoms with Gasteiger partial charge in [-0.25, -0.2) is 18.6 Å². The third kappa shape index (κ3) is 4.89. The van der Waals surface area contributed by atoms with Gasteiger partial charge >= 0.3 is 6.03 Å². The number of nitrogens with zero attached hydrogens (tertiary/aromatic N) is 5. The molecule has 0 radical (unpaired) electrons. The zero-order chi connectivity index (χ0) is 27.3. The number of halogens is 2. The van der Waals surface area contributed by atoms with Gasteiger partial charge in [0, 0.05) is 56.7 Å². The number of fused-ring (bicyclic) bond motifs is 1. The fraction of sp³-hybridized carbons (Fsp3) is 0.560. The molecule has 0 unspecified atom stereocenters. The van der Waals surface area contributed by atoms with E-state index in [-0.39, 0.29) is 42.0 Å². The SMILES string of the molecule is CN(C)C(=O)N1CCC(F)(c2cc(SNC3(CF)CC3)cn3c(C(=N)SC(=N)C4(C#N)CC4)cnc23)CC1. The van der Waals surface area contributed by atoms with E-state index >= 15 is 4.39 Å². The van der Waals surface area contributed by atoms with Crippen LogP contribution in [-0.4, -0.2) is 74.7 Å². The maximum Gasteiger partial charge on any atom is 0.319 e. The number of thioether (sulfide) groups is 1. The molecule has 2 saturated carbocycles. The van der Waals surface area contributed by atoms with Crippen LogP contribution >= 0.6 is 23.7 Å². The summed E-state index contributed by atoms with van der Waals surface area (Å²) in [5.74, 6) is 0. The highest BCUT2D eigenvalue weighted by Crippen LogP contribution is 2.49. The highest BCUT2D eigenvalue weighted by atomic mass is 32.2. The molecular formula is C25H30F2N8OS2. The lowest BCUT2D eigenvalue weighted by Crippen LogP contribution is -2.47. The molecule has 1 aliphatic heterocycles. The van der Waals surface area contributed by atoms with Crippen LogP contribution in [0.2, 0.25) is 0 Å². The molecule has 13 heteroatoms. The summed E-state index contributed by atoms with van der Waals surface area (Å²) in [6, 6.07) is 3.75. The van der Waals surface area contributed by atoms with Crippen LogP contribution in [0, 0.1) is 27.6 Å². The van der Waals surface area contributed by atoms with E-state index < -0.39 is 23.3 Å². The summed E-state index contributed by atoms with van der Waals surface area (Å²) >= 11 is 2.15. The Bertz CT molecular complexity index is 1340. The molecule has 38 heavy (non-hydrogen) atoms. The summed E-state index contributed by atoms with van der Waals surface area (Å²) < 4.78 is 34.9. The van der Waals surface area contributed by atoms with Crippen molar-refractivity contribution in [1.82, 2.24) is 23.9 Å². The highest BCUT2D eigenvalue weighted by molar-refractivity contribution is 8.26. The summed E-state index contributed by atoms with van der Waals surface area (Å²) in [6.07, 6.45) is 6.12. The number of amides is 2. The van der Waals surface area contributed by atoms with E-state index in [1.54, 1.807) is 35.7 Å². The molecule has 5 rings (SSSR count). The summed E-state index contributed by atoms with van der Waals surface area (Å²) in [6.45, 7) is 0.0258. The predicted molar refractivity (Wildman–Crippen MR) is 144 cm³/mol. The van der Waals surface area contributed by atoms with Crippen molar-refractivity contribution in [2.75, 3.05) is 33.9 Å². The average Bonchev–Trinajstić information content (AvgIpc) is 3.83. The van der Waals surface area contributed by atoms with Crippen LogP contribution in [0.15, 0.2) is 23.4 Å². The van der Waals surface area contributed by atoms with E-state index in [1.807, 2.05) is 0 Å². The number of imidazole rings is 1. The summed E-state index contributed by atoms with van der Waals surface area (Å²) in [5, 5.41) is 26.6. The van der Waals surface area contributed by atoms with E-state index in [0.717, 1.165) is 24.6 Å². The van der Waals surface area contributed by atoms with Gasteiger partial charge in [0.2, 0.25) is 0 Å². The van der Waals surface area contributed by atoms with Crippen molar-refractivity contribution in [3.63, 3.8) is 0 Å². The predicted octanol–water partition coefficient (Wildman–Crippen LogP) is 4.71. The molecule has 2 aliphatic carbocycles. The van der Waals surface area contributed by atoms with Crippen molar-refractivity contribution in [3.8, 4) is 6.07 Å². The van der Waals surface area contributed by atoms with Gasteiger partial charge in [-0.2, -0.15) is 5.26 Å². The zero-order valence-electron chi connectivity index (χ0n) is 21.3. The third-order valence-electron chi connectivity index (χ3n) is 7.60. The number of aromatic nitrogens is 2. The lowest BCUT2D eigenvalue weighted by Gasteiger charge is -2.37. The first-order chi connectivity index (χ1) is 18.1. The lowest BCUT2D eigenvalue weighted by atomic mass is 9.86. The first kappa shape index (κ1) is 26.9. The van der Waals surface area contributed by atoms with Gasteiger partial charge in [-0.3, -0.25) is 19.9 Å². The molecule has 2 amide bonds. The molecule has 0 bridgehead atoms. The maximum atomic E-state index is 16.6. The van der Waals surface area contributed by atoms with Gasteiger partial charge < -0.3 is 9.80 Å². The Balaban J connectivity index is 1.47. The number of hydrogen-bond donors (Lipinski definition) is 3. The molecule has 0 spiro atoms. The summed E-state index contributed by atoms with van der Waals surface area (Å²) in [5.41, 5.74) is -1.99. The number of likely N-dealkylation sites (tertiary alicyclic amines) is 1. The molecule has 0 atom stereocenters. The second kappa shape index (κ2) is 9.81. The number of nitrogens with one attached hydrogen (secondary N) is 3. The van der Waals surface area contributed by atoms with Crippen molar-refractivity contribution < 1.29 is 13.6 Å². The van der Waals surface area contributed by atoms with Gasteiger partial charge in [0.1, 0.15) is 28.4 Å². The van der Waals surface area contributed by atoms with Gasteiger partial charge in [0.05, 0.1) is 28.5 Å². The van der Waals surface area contributed by atoms with E-state index in [1.165, 1.54) is 23.0 Å². The first-order valence-corrected chi connectivity index (χ1v) is 14.1. The molecule has 3 fully saturated rings. The van der Waals surface area contributed by atoms with Gasteiger partial charge in [0.25, 0.3) is 0 Å². The molecular weight excluding hydrogens is 530 g/mol. The van der Waals surface area contributed by atoms with Crippen molar-refractivity contribution >= 4 is 45.5 Å². The number of pyridine rings is 1. The Morgan fingerprint density at radius 2 is 1.92 bits per heavy atom. The van der Waals surface area contributed by atoms with E-state index in [9.17, 15) is 14.4 Å². The number of alkyl halides is 2. The van der Waals surface area contributed by atoms with E-state index in [2.05, 4.69) is 15.8 Å². The van der Waals surface area contributed by atoms with Crippen LogP contribution < -0.4 is 4.72 Å². The molecule has 3 heterocycles. The second-order valence-electron chi connectivity index (χ2n) is 10.6. The average molecular weight is 561 g/mol. The van der Waals surface area contributed by atoms with Gasteiger partial charge in [-0.1, -0.05) is 11.8 Å². The molecule has 3 N–H and O–H groups in total. The van der Waals surface area contributed by atoms with Gasteiger partial charge in [0.15, 0.2) is 0 Å². The van der Waals surface area contributed by atoms with E-state index in [4.69, 9.17) is 10.8 Å². The van der Waals surface area contributed by atoms with Crippen LogP contribution in [0.4, 0.5) is 13.6 Å². The topological polar surface area (TPSA) is 124 Å². The van der Waals surface area contributed by atoms with Crippen LogP contribution in [0.1, 0.15) is 49.8 Å². The number of nitriles is 1. The zero-order valence-corrected chi connectivity index (χ0v) is 22.9. The molecule has 2 aromatic heterocycles. The number of piperidine rings is 1. The van der Waals surface area contributed by atoms with Crippen LogP contribution in [0.3, 0.4) is 0 Å². The quantitative estimate of drug-likeness (QED) is 0.256. The summed E-state index contributed by atoms with van der Waals surface area (Å²) in [7, 11) is 3.34. The fourth-order valence-electron chi connectivity index (χ4n) is 4.57. The molecule has 202 valence electrons. The molecule has 0 aromatic carbocycles. The van der Waals surface area contributed by atoms with Gasteiger partial charge in [-0.15, -0.1) is 0 Å². The Morgan fingerprint density at radius 1 is 1.24 bits per heavy atom. The monoisotopic (exact) mass is 560 g/mol. The van der Waals surface area contributed by atoms with E-state index in [0.29, 0.717) is 34.6 Å². The third-order valence-corrected chi connectivity index (χ3v) is 9.60. The Kier molecular flexibility index (Phi) is 6.94. The Hall–Kier alpha value is -2.69. The number of carbonyl (C=O) groups is 1. The number of rotatable bonds is 7.